The second-order valence-electron chi connectivity index (χ2n) is 6.50. The predicted octanol–water partition coefficient (Wildman–Crippen LogP) is 2.79. The molecule has 0 saturated carbocycles. The predicted molar refractivity (Wildman–Crippen MR) is 105 cm³/mol. The van der Waals surface area contributed by atoms with Gasteiger partial charge in [0.15, 0.2) is 6.61 Å². The van der Waals surface area contributed by atoms with Gasteiger partial charge in [-0.1, -0.05) is 29.8 Å². The topological polar surface area (TPSA) is 128 Å². The molecule has 0 fully saturated rings. The Balaban J connectivity index is 1.94. The molecule has 0 aliphatic rings. The number of hydrogen-bond acceptors (Lipinski definition) is 6. The summed E-state index contributed by atoms with van der Waals surface area (Å²) < 4.78 is 18.3. The maximum atomic E-state index is 13.3. The molecule has 0 aliphatic heterocycles. The Bertz CT molecular complexity index is 962. The third-order valence-electron chi connectivity index (χ3n) is 4.02. The Morgan fingerprint density at radius 1 is 1.17 bits per heavy atom. The van der Waals surface area contributed by atoms with Crippen LogP contribution >= 0.6 is 0 Å². The second kappa shape index (κ2) is 10.1. The van der Waals surface area contributed by atoms with Gasteiger partial charge in [0.25, 0.3) is 5.91 Å². The van der Waals surface area contributed by atoms with Crippen LogP contribution in [0.4, 0.5) is 15.8 Å². The number of amides is 2. The summed E-state index contributed by atoms with van der Waals surface area (Å²) >= 11 is 0. The van der Waals surface area contributed by atoms with Crippen molar-refractivity contribution in [2.75, 3.05) is 11.9 Å². The highest BCUT2D eigenvalue weighted by Crippen LogP contribution is 2.22. The highest BCUT2D eigenvalue weighted by Gasteiger charge is 2.20. The number of benzene rings is 2. The van der Waals surface area contributed by atoms with Gasteiger partial charge in [0.2, 0.25) is 11.7 Å². The molecular formula is C20H20FN3O6. The first-order chi connectivity index (χ1) is 14.2. The monoisotopic (exact) mass is 417 g/mol. The van der Waals surface area contributed by atoms with E-state index in [0.29, 0.717) is 5.56 Å². The van der Waals surface area contributed by atoms with Gasteiger partial charge in [-0.3, -0.25) is 24.5 Å². The molecular weight excluding hydrogens is 397 g/mol. The summed E-state index contributed by atoms with van der Waals surface area (Å²) in [6.07, 6.45) is -0.196. The van der Waals surface area contributed by atoms with Gasteiger partial charge in [-0.2, -0.15) is 4.39 Å². The number of nitro benzene ring substituents is 1. The molecule has 1 unspecified atom stereocenters. The number of halogens is 1. The summed E-state index contributed by atoms with van der Waals surface area (Å²) in [5, 5.41) is 15.7. The SMILES string of the molecule is CC(=O)NC(CC(=O)OCC(=O)Nc1ccc(F)c([N+](=O)[O-])c1)c1ccc(C)cc1. The van der Waals surface area contributed by atoms with Gasteiger partial charge in [0.05, 0.1) is 17.4 Å². The average molecular weight is 417 g/mol. The van der Waals surface area contributed by atoms with E-state index in [1.807, 2.05) is 19.1 Å². The Morgan fingerprint density at radius 3 is 2.43 bits per heavy atom. The van der Waals surface area contributed by atoms with Gasteiger partial charge in [-0.05, 0) is 24.6 Å². The summed E-state index contributed by atoms with van der Waals surface area (Å²) in [7, 11) is 0. The van der Waals surface area contributed by atoms with Crippen molar-refractivity contribution >= 4 is 29.2 Å². The number of nitro groups is 1. The maximum Gasteiger partial charge on any atom is 0.308 e. The van der Waals surface area contributed by atoms with Gasteiger partial charge in [-0.25, -0.2) is 0 Å². The molecule has 30 heavy (non-hydrogen) atoms. The van der Waals surface area contributed by atoms with Gasteiger partial charge >= 0.3 is 11.7 Å². The lowest BCUT2D eigenvalue weighted by molar-refractivity contribution is -0.387. The molecule has 0 heterocycles. The fraction of sp³-hybridized carbons (Fsp3) is 0.250. The standard InChI is InChI=1S/C20H20FN3O6/c1-12-3-5-14(6-4-12)17(22-13(2)25)10-20(27)30-11-19(26)23-15-7-8-16(21)18(9-15)24(28)29/h3-9,17H,10-11H2,1-2H3,(H,22,25)(H,23,26). The fourth-order valence-corrected chi connectivity index (χ4v) is 2.60. The van der Waals surface area contributed by atoms with Gasteiger partial charge in [0.1, 0.15) is 0 Å². The first kappa shape index (κ1) is 22.5. The Labute approximate surface area is 171 Å². The minimum absolute atomic E-state index is 0.0140. The Hall–Kier alpha value is -3.82. The number of nitrogens with one attached hydrogen (secondary N) is 2. The molecule has 0 aromatic heterocycles. The van der Waals surface area contributed by atoms with Crippen molar-refractivity contribution in [1.82, 2.24) is 5.32 Å². The third kappa shape index (κ3) is 6.66. The first-order valence-corrected chi connectivity index (χ1v) is 8.89. The van der Waals surface area contributed by atoms with E-state index in [1.54, 1.807) is 12.1 Å². The van der Waals surface area contributed by atoms with Crippen LogP contribution in [-0.4, -0.2) is 29.3 Å². The van der Waals surface area contributed by atoms with E-state index in [4.69, 9.17) is 4.74 Å². The summed E-state index contributed by atoms with van der Waals surface area (Å²) in [6.45, 7) is 2.58. The van der Waals surface area contributed by atoms with Crippen molar-refractivity contribution in [3.63, 3.8) is 0 Å². The molecule has 2 aromatic carbocycles. The van der Waals surface area contributed by atoms with Gasteiger partial charge in [-0.15, -0.1) is 0 Å². The normalized spacial score (nSPS) is 11.3. The van der Waals surface area contributed by atoms with E-state index in [2.05, 4.69) is 10.6 Å². The van der Waals surface area contributed by atoms with Crippen LogP contribution in [0, 0.1) is 22.9 Å². The van der Waals surface area contributed by atoms with E-state index in [-0.39, 0.29) is 18.0 Å². The lowest BCUT2D eigenvalue weighted by Crippen LogP contribution is -2.29. The van der Waals surface area contributed by atoms with Crippen LogP contribution in [0.2, 0.25) is 0 Å². The summed E-state index contributed by atoms with van der Waals surface area (Å²) in [4.78, 5) is 45.3. The maximum absolute atomic E-state index is 13.3. The van der Waals surface area contributed by atoms with Crippen LogP contribution in [-0.2, 0) is 19.1 Å². The lowest BCUT2D eigenvalue weighted by Gasteiger charge is -2.18. The number of rotatable bonds is 8. The zero-order chi connectivity index (χ0) is 22.3. The molecule has 10 heteroatoms. The van der Waals surface area contributed by atoms with E-state index in [0.717, 1.165) is 23.8 Å². The van der Waals surface area contributed by atoms with Crippen LogP contribution in [0.25, 0.3) is 0 Å². The van der Waals surface area contributed by atoms with E-state index in [9.17, 15) is 28.9 Å². The number of aryl methyl sites for hydroxylation is 1. The largest absolute Gasteiger partial charge is 0.455 e. The van der Waals surface area contributed by atoms with Crippen molar-refractivity contribution < 1.29 is 28.4 Å². The first-order valence-electron chi connectivity index (χ1n) is 8.89. The molecule has 1 atom stereocenters. The van der Waals surface area contributed by atoms with Crippen LogP contribution in [0.1, 0.15) is 30.5 Å². The molecule has 2 aromatic rings. The number of carbonyl (C=O) groups is 3. The number of hydrogen-bond donors (Lipinski definition) is 2. The summed E-state index contributed by atoms with van der Waals surface area (Å²) in [6, 6.07) is 9.45. The van der Waals surface area contributed by atoms with E-state index < -0.39 is 41.0 Å². The molecule has 2 rings (SSSR count). The minimum atomic E-state index is -1.04. The van der Waals surface area contributed by atoms with E-state index in [1.165, 1.54) is 6.92 Å². The zero-order valence-corrected chi connectivity index (χ0v) is 16.3. The fourth-order valence-electron chi connectivity index (χ4n) is 2.60. The molecule has 158 valence electrons. The summed E-state index contributed by atoms with van der Waals surface area (Å²) in [5.74, 6) is -2.85. The number of carbonyl (C=O) groups excluding carboxylic acids is 3. The van der Waals surface area contributed by atoms with E-state index >= 15 is 0 Å². The van der Waals surface area contributed by atoms with Crippen molar-refractivity contribution in [2.24, 2.45) is 0 Å². The van der Waals surface area contributed by atoms with Gasteiger partial charge in [0, 0.05) is 18.7 Å². The molecule has 2 N–H and O–H groups in total. The lowest BCUT2D eigenvalue weighted by atomic mass is 10.0. The van der Waals surface area contributed by atoms with Crippen LogP contribution in [0.3, 0.4) is 0 Å². The summed E-state index contributed by atoms with van der Waals surface area (Å²) in [5.41, 5.74) is 0.914. The number of esters is 1. The quantitative estimate of drug-likeness (QED) is 0.386. The highest BCUT2D eigenvalue weighted by molar-refractivity contribution is 5.93. The van der Waals surface area contributed by atoms with Crippen molar-refractivity contribution in [3.05, 3.63) is 69.5 Å². The molecule has 0 aliphatic carbocycles. The van der Waals surface area contributed by atoms with Crippen LogP contribution in [0.5, 0.6) is 0 Å². The smallest absolute Gasteiger partial charge is 0.308 e. The minimum Gasteiger partial charge on any atom is -0.455 e. The average Bonchev–Trinajstić information content (AvgIpc) is 2.67. The molecule has 0 saturated heterocycles. The molecule has 2 amide bonds. The van der Waals surface area contributed by atoms with Gasteiger partial charge < -0.3 is 15.4 Å². The highest BCUT2D eigenvalue weighted by atomic mass is 19.1. The van der Waals surface area contributed by atoms with Crippen LogP contribution < -0.4 is 10.6 Å². The molecule has 0 spiro atoms. The molecule has 9 nitrogen and oxygen atoms in total. The Kier molecular flexibility index (Phi) is 7.56. The number of nitrogens with zero attached hydrogens (tertiary/aromatic N) is 1. The zero-order valence-electron chi connectivity index (χ0n) is 16.3. The van der Waals surface area contributed by atoms with Crippen molar-refractivity contribution in [2.45, 2.75) is 26.3 Å². The third-order valence-corrected chi connectivity index (χ3v) is 4.02. The number of anilines is 1. The Morgan fingerprint density at radius 2 is 1.83 bits per heavy atom. The second-order valence-corrected chi connectivity index (χ2v) is 6.50. The molecule has 0 bridgehead atoms. The number of ether oxygens (including phenoxy) is 1. The van der Waals surface area contributed by atoms with Crippen molar-refractivity contribution in [1.29, 1.82) is 0 Å². The van der Waals surface area contributed by atoms with Crippen molar-refractivity contribution in [3.8, 4) is 0 Å². The van der Waals surface area contributed by atoms with Crippen LogP contribution in [0.15, 0.2) is 42.5 Å². The molecule has 0 radical (unpaired) electrons.